The molecule has 1 aliphatic heterocycles. The first kappa shape index (κ1) is 18.4. The number of benzene rings is 1. The predicted octanol–water partition coefficient (Wildman–Crippen LogP) is 1.98. The number of aromatic nitrogens is 3. The average Bonchev–Trinajstić information content (AvgIpc) is 3.09. The number of ether oxygens (including phenoxy) is 2. The van der Waals surface area contributed by atoms with E-state index >= 15 is 0 Å². The number of rotatable bonds is 5. The van der Waals surface area contributed by atoms with Crippen molar-refractivity contribution >= 4 is 17.5 Å². The molecule has 1 fully saturated rings. The van der Waals surface area contributed by atoms with Crippen LogP contribution in [0.5, 0.6) is 5.75 Å². The highest BCUT2D eigenvalue weighted by molar-refractivity contribution is 5.90. The summed E-state index contributed by atoms with van der Waals surface area (Å²) in [4.78, 5) is 18.7. The van der Waals surface area contributed by atoms with Crippen molar-refractivity contribution in [2.24, 2.45) is 0 Å². The van der Waals surface area contributed by atoms with E-state index in [1.807, 2.05) is 37.4 Å². The van der Waals surface area contributed by atoms with E-state index in [1.165, 1.54) is 0 Å². The van der Waals surface area contributed by atoms with Gasteiger partial charge in [-0.2, -0.15) is 4.98 Å². The van der Waals surface area contributed by atoms with Gasteiger partial charge in [0, 0.05) is 30.4 Å². The van der Waals surface area contributed by atoms with Gasteiger partial charge in [-0.25, -0.2) is 4.52 Å². The fourth-order valence-corrected chi connectivity index (χ4v) is 3.27. The minimum atomic E-state index is -0.126. The Morgan fingerprint density at radius 3 is 2.86 bits per heavy atom. The molecule has 1 amide bonds. The summed E-state index contributed by atoms with van der Waals surface area (Å²) >= 11 is 0. The van der Waals surface area contributed by atoms with Crippen molar-refractivity contribution < 1.29 is 14.3 Å². The Balaban J connectivity index is 1.53. The molecular weight excluding hydrogens is 358 g/mol. The third-order valence-electron chi connectivity index (χ3n) is 4.72. The standard InChI is InChI=1S/C20H23N5O3/c1-14-3-5-17(27-2)16(11-14)15-4-6-18-21-20(23-25(18)12-15)22-19(26)13-24-7-9-28-10-8-24/h3-6,11-12H,7-10,13H2,1-2H3,(H,22,23,26). The number of carbonyl (C=O) groups is 1. The summed E-state index contributed by atoms with van der Waals surface area (Å²) in [6.45, 7) is 5.18. The van der Waals surface area contributed by atoms with Crippen LogP contribution in [0.1, 0.15) is 5.56 Å². The Bertz CT molecular complexity index is 995. The SMILES string of the molecule is COc1ccc(C)cc1-c1ccc2nc(NC(=O)CN3CCOCC3)nn2c1. The van der Waals surface area contributed by atoms with E-state index in [2.05, 4.69) is 26.4 Å². The smallest absolute Gasteiger partial charge is 0.249 e. The first-order chi connectivity index (χ1) is 13.6. The van der Waals surface area contributed by atoms with Crippen molar-refractivity contribution in [3.8, 4) is 16.9 Å². The Labute approximate surface area is 163 Å². The van der Waals surface area contributed by atoms with Crippen LogP contribution in [0.15, 0.2) is 36.5 Å². The van der Waals surface area contributed by atoms with E-state index in [0.717, 1.165) is 35.5 Å². The van der Waals surface area contributed by atoms with Gasteiger partial charge in [-0.05, 0) is 31.2 Å². The summed E-state index contributed by atoms with van der Waals surface area (Å²) in [5.41, 5.74) is 3.75. The van der Waals surface area contributed by atoms with Gasteiger partial charge in [0.25, 0.3) is 0 Å². The normalized spacial score (nSPS) is 14.9. The highest BCUT2D eigenvalue weighted by Crippen LogP contribution is 2.30. The monoisotopic (exact) mass is 381 g/mol. The zero-order chi connectivity index (χ0) is 19.5. The molecule has 3 aromatic rings. The molecule has 0 unspecified atom stereocenters. The molecule has 0 atom stereocenters. The maximum atomic E-state index is 12.3. The number of hydrogen-bond donors (Lipinski definition) is 1. The highest BCUT2D eigenvalue weighted by atomic mass is 16.5. The van der Waals surface area contributed by atoms with Crippen molar-refractivity contribution in [2.75, 3.05) is 45.3 Å². The Morgan fingerprint density at radius 1 is 1.25 bits per heavy atom. The third kappa shape index (κ3) is 3.97. The van der Waals surface area contributed by atoms with Crippen LogP contribution in [-0.2, 0) is 9.53 Å². The van der Waals surface area contributed by atoms with Gasteiger partial charge in [-0.3, -0.25) is 15.0 Å². The van der Waals surface area contributed by atoms with Gasteiger partial charge in [-0.15, -0.1) is 5.10 Å². The van der Waals surface area contributed by atoms with E-state index in [4.69, 9.17) is 9.47 Å². The van der Waals surface area contributed by atoms with Crippen LogP contribution in [0.4, 0.5) is 5.95 Å². The lowest BCUT2D eigenvalue weighted by atomic mass is 10.0. The van der Waals surface area contributed by atoms with Gasteiger partial charge in [0.2, 0.25) is 11.9 Å². The molecule has 0 radical (unpaired) electrons. The summed E-state index contributed by atoms with van der Waals surface area (Å²) in [6, 6.07) is 9.89. The molecule has 0 saturated carbocycles. The molecule has 8 heteroatoms. The maximum absolute atomic E-state index is 12.3. The number of morpholine rings is 1. The molecule has 146 valence electrons. The lowest BCUT2D eigenvalue weighted by Crippen LogP contribution is -2.41. The predicted molar refractivity (Wildman–Crippen MR) is 106 cm³/mol. The van der Waals surface area contributed by atoms with Crippen LogP contribution in [0, 0.1) is 6.92 Å². The number of fused-ring (bicyclic) bond motifs is 1. The topological polar surface area (TPSA) is 81.0 Å². The van der Waals surface area contributed by atoms with Crippen molar-refractivity contribution in [3.05, 3.63) is 42.1 Å². The van der Waals surface area contributed by atoms with Crippen molar-refractivity contribution in [1.82, 2.24) is 19.5 Å². The summed E-state index contributed by atoms with van der Waals surface area (Å²) in [7, 11) is 1.66. The Morgan fingerprint density at radius 2 is 2.07 bits per heavy atom. The summed E-state index contributed by atoms with van der Waals surface area (Å²) in [5, 5.41) is 7.18. The second-order valence-electron chi connectivity index (χ2n) is 6.80. The molecule has 0 aliphatic carbocycles. The van der Waals surface area contributed by atoms with Crippen LogP contribution in [0.3, 0.4) is 0 Å². The molecule has 1 aliphatic rings. The number of nitrogens with one attached hydrogen (secondary N) is 1. The number of methoxy groups -OCH3 is 1. The van der Waals surface area contributed by atoms with Gasteiger partial charge >= 0.3 is 0 Å². The molecule has 1 aromatic carbocycles. The molecule has 1 saturated heterocycles. The number of anilines is 1. The largest absolute Gasteiger partial charge is 0.496 e. The van der Waals surface area contributed by atoms with E-state index in [0.29, 0.717) is 31.4 Å². The quantitative estimate of drug-likeness (QED) is 0.728. The van der Waals surface area contributed by atoms with Crippen LogP contribution in [-0.4, -0.2) is 65.4 Å². The lowest BCUT2D eigenvalue weighted by molar-refractivity contribution is -0.118. The fraction of sp³-hybridized carbons (Fsp3) is 0.350. The number of nitrogens with zero attached hydrogens (tertiary/aromatic N) is 4. The molecule has 8 nitrogen and oxygen atoms in total. The van der Waals surface area contributed by atoms with Crippen molar-refractivity contribution in [3.63, 3.8) is 0 Å². The van der Waals surface area contributed by atoms with Crippen LogP contribution in [0.2, 0.25) is 0 Å². The minimum absolute atomic E-state index is 0.126. The molecular formula is C20H23N5O3. The highest BCUT2D eigenvalue weighted by Gasteiger charge is 2.16. The molecule has 1 N–H and O–H groups in total. The van der Waals surface area contributed by atoms with E-state index in [9.17, 15) is 4.79 Å². The summed E-state index contributed by atoms with van der Waals surface area (Å²) in [6.07, 6.45) is 1.89. The van der Waals surface area contributed by atoms with Crippen LogP contribution >= 0.6 is 0 Å². The first-order valence-electron chi connectivity index (χ1n) is 9.24. The maximum Gasteiger partial charge on any atom is 0.249 e. The first-order valence-corrected chi connectivity index (χ1v) is 9.24. The molecule has 28 heavy (non-hydrogen) atoms. The number of hydrogen-bond acceptors (Lipinski definition) is 6. The number of amides is 1. The van der Waals surface area contributed by atoms with Gasteiger partial charge in [-0.1, -0.05) is 11.6 Å². The zero-order valence-corrected chi connectivity index (χ0v) is 16.0. The Hall–Kier alpha value is -2.97. The van der Waals surface area contributed by atoms with Crippen molar-refractivity contribution in [1.29, 1.82) is 0 Å². The number of aryl methyl sites for hydroxylation is 1. The second kappa shape index (κ2) is 7.95. The number of carbonyl (C=O) groups excluding carboxylic acids is 1. The van der Waals surface area contributed by atoms with E-state index < -0.39 is 0 Å². The lowest BCUT2D eigenvalue weighted by Gasteiger charge is -2.25. The van der Waals surface area contributed by atoms with Crippen molar-refractivity contribution in [2.45, 2.75) is 6.92 Å². The molecule has 3 heterocycles. The van der Waals surface area contributed by atoms with E-state index in [1.54, 1.807) is 11.6 Å². The third-order valence-corrected chi connectivity index (χ3v) is 4.72. The van der Waals surface area contributed by atoms with Gasteiger partial charge in [0.15, 0.2) is 5.65 Å². The van der Waals surface area contributed by atoms with Gasteiger partial charge in [0.1, 0.15) is 5.75 Å². The van der Waals surface area contributed by atoms with Crippen LogP contribution in [0.25, 0.3) is 16.8 Å². The molecule has 0 bridgehead atoms. The zero-order valence-electron chi connectivity index (χ0n) is 16.0. The van der Waals surface area contributed by atoms with E-state index in [-0.39, 0.29) is 5.91 Å². The van der Waals surface area contributed by atoms with Gasteiger partial charge < -0.3 is 9.47 Å². The van der Waals surface area contributed by atoms with Gasteiger partial charge in [0.05, 0.1) is 26.9 Å². The fourth-order valence-electron chi connectivity index (χ4n) is 3.27. The summed E-state index contributed by atoms with van der Waals surface area (Å²) < 4.78 is 12.4. The minimum Gasteiger partial charge on any atom is -0.496 e. The molecule has 2 aromatic heterocycles. The average molecular weight is 381 g/mol. The molecule has 4 rings (SSSR count). The molecule has 0 spiro atoms. The second-order valence-corrected chi connectivity index (χ2v) is 6.80. The van der Waals surface area contributed by atoms with Crippen LogP contribution < -0.4 is 10.1 Å². The summed E-state index contributed by atoms with van der Waals surface area (Å²) in [5.74, 6) is 0.967. The number of pyridine rings is 1. The Kier molecular flexibility index (Phi) is 5.23.